The highest BCUT2D eigenvalue weighted by Crippen LogP contribution is 2.38. The zero-order valence-corrected chi connectivity index (χ0v) is 16.1. The maximum absolute atomic E-state index is 12.3. The summed E-state index contributed by atoms with van der Waals surface area (Å²) in [6, 6.07) is 10.4. The van der Waals surface area contributed by atoms with Crippen molar-refractivity contribution in [2.45, 2.75) is 13.5 Å². The van der Waals surface area contributed by atoms with E-state index < -0.39 is 5.63 Å². The van der Waals surface area contributed by atoms with Crippen molar-refractivity contribution in [1.82, 2.24) is 0 Å². The zero-order chi connectivity index (χ0) is 20.3. The fourth-order valence-electron chi connectivity index (χ4n) is 2.97. The van der Waals surface area contributed by atoms with Crippen molar-refractivity contribution < 1.29 is 23.7 Å². The Hall–Kier alpha value is -3.48. The quantitative estimate of drug-likeness (QED) is 0.517. The number of rotatable bonds is 6. The van der Waals surface area contributed by atoms with E-state index in [0.717, 1.165) is 5.56 Å². The number of hydrogen-bond donors (Lipinski definition) is 1. The molecule has 0 aliphatic carbocycles. The number of benzene rings is 2. The molecule has 0 aliphatic rings. The van der Waals surface area contributed by atoms with Gasteiger partial charge in [0.05, 0.1) is 39.0 Å². The van der Waals surface area contributed by atoms with E-state index in [-0.39, 0.29) is 17.9 Å². The minimum atomic E-state index is -0.637. The Bertz CT molecular complexity index is 1070. The Balaban J connectivity index is 2.00. The molecule has 3 aromatic rings. The fourth-order valence-corrected chi connectivity index (χ4v) is 2.97. The van der Waals surface area contributed by atoms with Gasteiger partial charge in [0, 0.05) is 0 Å². The van der Waals surface area contributed by atoms with Crippen LogP contribution in [0.4, 0.5) is 0 Å². The molecule has 1 N–H and O–H groups in total. The third kappa shape index (κ3) is 3.51. The summed E-state index contributed by atoms with van der Waals surface area (Å²) < 4.78 is 21.3. The van der Waals surface area contributed by atoms with Gasteiger partial charge in [-0.25, -0.2) is 4.79 Å². The molecule has 0 amide bonds. The number of nitrogens with zero attached hydrogens (tertiary/aromatic N) is 1. The van der Waals surface area contributed by atoms with E-state index in [4.69, 9.17) is 18.6 Å². The number of hydrogen-bond acceptors (Lipinski definition) is 7. The second-order valence-electron chi connectivity index (χ2n) is 6.04. The minimum absolute atomic E-state index is 0.0474. The molecular formula is C21H21NO6. The van der Waals surface area contributed by atoms with Gasteiger partial charge in [0.15, 0.2) is 11.5 Å². The molecule has 7 heteroatoms. The standard InChI is InChI=1S/C21H21NO6/c1-12(18-19(23)14-7-5-6-8-15(14)28-21(18)24)22-11-13-9-16(25-2)20(27-4)17(10-13)26-3/h5-10,23H,11H2,1-4H3. The first-order chi connectivity index (χ1) is 13.5. The second-order valence-corrected chi connectivity index (χ2v) is 6.04. The van der Waals surface area contributed by atoms with Crippen molar-refractivity contribution in [1.29, 1.82) is 0 Å². The van der Waals surface area contributed by atoms with E-state index in [9.17, 15) is 9.90 Å². The van der Waals surface area contributed by atoms with Gasteiger partial charge in [-0.2, -0.15) is 0 Å². The molecule has 1 heterocycles. The van der Waals surface area contributed by atoms with Crippen LogP contribution in [0.3, 0.4) is 0 Å². The molecule has 146 valence electrons. The monoisotopic (exact) mass is 383 g/mol. The zero-order valence-electron chi connectivity index (χ0n) is 16.1. The summed E-state index contributed by atoms with van der Waals surface area (Å²) in [5.41, 5.74) is 0.893. The number of aromatic hydroxyl groups is 1. The van der Waals surface area contributed by atoms with Crippen LogP contribution in [0.1, 0.15) is 18.1 Å². The molecule has 28 heavy (non-hydrogen) atoms. The van der Waals surface area contributed by atoms with E-state index in [1.54, 1.807) is 43.3 Å². The van der Waals surface area contributed by atoms with Gasteiger partial charge in [-0.3, -0.25) is 4.99 Å². The number of methoxy groups -OCH3 is 3. The largest absolute Gasteiger partial charge is 0.506 e. The third-order valence-corrected chi connectivity index (χ3v) is 4.37. The number of para-hydroxylation sites is 1. The summed E-state index contributed by atoms with van der Waals surface area (Å²) in [6.45, 7) is 1.90. The fraction of sp³-hybridized carbons (Fsp3) is 0.238. The molecule has 1 aromatic heterocycles. The molecule has 0 saturated carbocycles. The van der Waals surface area contributed by atoms with Gasteiger partial charge in [-0.15, -0.1) is 0 Å². The van der Waals surface area contributed by atoms with E-state index in [1.807, 2.05) is 0 Å². The Kier molecular flexibility index (Phi) is 5.54. The molecule has 0 unspecified atom stereocenters. The van der Waals surface area contributed by atoms with E-state index >= 15 is 0 Å². The van der Waals surface area contributed by atoms with Crippen molar-refractivity contribution >= 4 is 16.7 Å². The molecule has 0 atom stereocenters. The predicted molar refractivity (Wildman–Crippen MR) is 106 cm³/mol. The van der Waals surface area contributed by atoms with E-state index in [1.165, 1.54) is 21.3 Å². The SMILES string of the molecule is COc1cc(CN=C(C)c2c(O)c3ccccc3oc2=O)cc(OC)c1OC. The molecule has 0 aliphatic heterocycles. The maximum Gasteiger partial charge on any atom is 0.349 e. The third-order valence-electron chi connectivity index (χ3n) is 4.37. The average molecular weight is 383 g/mol. The van der Waals surface area contributed by atoms with Gasteiger partial charge in [0.1, 0.15) is 16.9 Å². The first kappa shape index (κ1) is 19.3. The van der Waals surface area contributed by atoms with E-state index in [0.29, 0.717) is 33.9 Å². The van der Waals surface area contributed by atoms with Crippen LogP contribution in [0.25, 0.3) is 11.0 Å². The van der Waals surface area contributed by atoms with Gasteiger partial charge < -0.3 is 23.7 Å². The van der Waals surface area contributed by atoms with Crippen LogP contribution in [0.2, 0.25) is 0 Å². The molecule has 7 nitrogen and oxygen atoms in total. The van der Waals surface area contributed by atoms with Crippen LogP contribution in [0, 0.1) is 0 Å². The minimum Gasteiger partial charge on any atom is -0.506 e. The number of aliphatic imine (C=N–C) groups is 1. The lowest BCUT2D eigenvalue weighted by molar-refractivity contribution is 0.324. The summed E-state index contributed by atoms with van der Waals surface area (Å²) >= 11 is 0. The lowest BCUT2D eigenvalue weighted by Crippen LogP contribution is -2.13. The molecule has 3 rings (SSSR count). The molecular weight excluding hydrogens is 362 g/mol. The molecule has 0 radical (unpaired) electrons. The van der Waals surface area contributed by atoms with Crippen LogP contribution in [0.15, 0.2) is 50.6 Å². The van der Waals surface area contributed by atoms with E-state index in [2.05, 4.69) is 4.99 Å². The van der Waals surface area contributed by atoms with Gasteiger partial charge in [-0.1, -0.05) is 12.1 Å². The van der Waals surface area contributed by atoms with Crippen LogP contribution in [-0.2, 0) is 6.54 Å². The van der Waals surface area contributed by atoms with Crippen LogP contribution >= 0.6 is 0 Å². The predicted octanol–water partition coefficient (Wildman–Crippen LogP) is 3.53. The highest BCUT2D eigenvalue weighted by atomic mass is 16.5. The van der Waals surface area contributed by atoms with Crippen molar-refractivity contribution in [3.8, 4) is 23.0 Å². The van der Waals surface area contributed by atoms with Crippen LogP contribution in [-0.4, -0.2) is 32.1 Å². The first-order valence-electron chi connectivity index (χ1n) is 8.55. The van der Waals surface area contributed by atoms with Crippen molar-refractivity contribution in [3.05, 3.63) is 57.9 Å². The lowest BCUT2D eigenvalue weighted by atomic mass is 10.1. The Morgan fingerprint density at radius 3 is 2.32 bits per heavy atom. The maximum atomic E-state index is 12.3. The topological polar surface area (TPSA) is 90.5 Å². The van der Waals surface area contributed by atoms with Crippen molar-refractivity contribution in [3.63, 3.8) is 0 Å². The summed E-state index contributed by atoms with van der Waals surface area (Å²) in [5.74, 6) is 1.37. The van der Waals surface area contributed by atoms with Crippen molar-refractivity contribution in [2.24, 2.45) is 4.99 Å². The highest BCUT2D eigenvalue weighted by molar-refractivity contribution is 6.04. The molecule has 0 spiro atoms. The van der Waals surface area contributed by atoms with Crippen LogP contribution < -0.4 is 19.8 Å². The molecule has 2 aromatic carbocycles. The summed E-state index contributed by atoms with van der Waals surface area (Å²) in [6.07, 6.45) is 0. The van der Waals surface area contributed by atoms with Crippen LogP contribution in [0.5, 0.6) is 23.0 Å². The van der Waals surface area contributed by atoms with Crippen molar-refractivity contribution in [2.75, 3.05) is 21.3 Å². The second kappa shape index (κ2) is 8.04. The summed E-state index contributed by atoms with van der Waals surface area (Å²) in [7, 11) is 4.60. The van der Waals surface area contributed by atoms with Gasteiger partial charge in [-0.05, 0) is 36.8 Å². The summed E-state index contributed by atoms with van der Waals surface area (Å²) in [5, 5.41) is 11.0. The molecule has 0 saturated heterocycles. The van der Waals surface area contributed by atoms with Gasteiger partial charge in [0.2, 0.25) is 5.75 Å². The Labute approximate surface area is 161 Å². The van der Waals surface area contributed by atoms with Gasteiger partial charge >= 0.3 is 5.63 Å². The Morgan fingerprint density at radius 2 is 1.71 bits per heavy atom. The highest BCUT2D eigenvalue weighted by Gasteiger charge is 2.17. The number of fused-ring (bicyclic) bond motifs is 1. The lowest BCUT2D eigenvalue weighted by Gasteiger charge is -2.13. The number of ether oxygens (including phenoxy) is 3. The molecule has 0 bridgehead atoms. The normalized spacial score (nSPS) is 11.5. The Morgan fingerprint density at radius 1 is 1.07 bits per heavy atom. The molecule has 0 fully saturated rings. The average Bonchev–Trinajstić information content (AvgIpc) is 2.71. The first-order valence-corrected chi connectivity index (χ1v) is 8.55. The van der Waals surface area contributed by atoms with Gasteiger partial charge in [0.25, 0.3) is 0 Å². The summed E-state index contributed by atoms with van der Waals surface area (Å²) in [4.78, 5) is 16.8. The smallest absolute Gasteiger partial charge is 0.349 e.